The van der Waals surface area contributed by atoms with E-state index in [2.05, 4.69) is 12.2 Å². The highest BCUT2D eigenvalue weighted by atomic mass is 35.5. The largest absolute Gasteiger partial charge is 0.476 e. The average molecular weight is 375 g/mol. The first-order valence-electron chi connectivity index (χ1n) is 9.02. The molecule has 140 valence electrons. The third-order valence-corrected chi connectivity index (χ3v) is 4.71. The van der Waals surface area contributed by atoms with Gasteiger partial charge in [0.2, 0.25) is 6.10 Å². The summed E-state index contributed by atoms with van der Waals surface area (Å²) in [6.45, 7) is 2.54. The second-order valence-electron chi connectivity index (χ2n) is 6.56. The predicted molar refractivity (Wildman–Crippen MR) is 107 cm³/mol. The van der Waals surface area contributed by atoms with E-state index in [-0.39, 0.29) is 24.4 Å². The summed E-state index contributed by atoms with van der Waals surface area (Å²) in [4.78, 5) is 13.0. The van der Waals surface area contributed by atoms with E-state index in [0.717, 1.165) is 36.1 Å². The first kappa shape index (κ1) is 20.3. The van der Waals surface area contributed by atoms with Gasteiger partial charge in [0.15, 0.2) is 0 Å². The fourth-order valence-electron chi connectivity index (χ4n) is 3.06. The molecule has 3 rings (SSSR count). The van der Waals surface area contributed by atoms with Crippen LogP contribution >= 0.6 is 12.4 Å². The minimum absolute atomic E-state index is 0. The van der Waals surface area contributed by atoms with Crippen LogP contribution in [0.5, 0.6) is 5.75 Å². The summed E-state index contributed by atoms with van der Waals surface area (Å²) in [7, 11) is 0. The Labute approximate surface area is 161 Å². The van der Waals surface area contributed by atoms with Gasteiger partial charge in [0.05, 0.1) is 0 Å². The smallest absolute Gasteiger partial charge is 0.266 e. The van der Waals surface area contributed by atoms with Gasteiger partial charge in [0.25, 0.3) is 5.91 Å². The Morgan fingerprint density at radius 1 is 1.15 bits per heavy atom. The molecule has 1 fully saturated rings. The SMILES string of the molecule is CCc1ccccc1OC(C(=O)NC(CN)C1CC1)c1ccccc1.Cl. The van der Waals surface area contributed by atoms with Gasteiger partial charge in [-0.15, -0.1) is 12.4 Å². The van der Waals surface area contributed by atoms with Crippen molar-refractivity contribution in [1.82, 2.24) is 5.32 Å². The Morgan fingerprint density at radius 2 is 1.81 bits per heavy atom. The fourth-order valence-corrected chi connectivity index (χ4v) is 3.06. The van der Waals surface area contributed by atoms with Gasteiger partial charge in [-0.25, -0.2) is 0 Å². The summed E-state index contributed by atoms with van der Waals surface area (Å²) >= 11 is 0. The van der Waals surface area contributed by atoms with Crippen LogP contribution in [-0.4, -0.2) is 18.5 Å². The molecule has 0 radical (unpaired) electrons. The second-order valence-corrected chi connectivity index (χ2v) is 6.56. The lowest BCUT2D eigenvalue weighted by molar-refractivity contribution is -0.129. The molecule has 26 heavy (non-hydrogen) atoms. The van der Waals surface area contributed by atoms with E-state index in [1.165, 1.54) is 0 Å². The van der Waals surface area contributed by atoms with Crippen molar-refractivity contribution in [1.29, 1.82) is 0 Å². The summed E-state index contributed by atoms with van der Waals surface area (Å²) < 4.78 is 6.18. The lowest BCUT2D eigenvalue weighted by Crippen LogP contribution is -2.45. The van der Waals surface area contributed by atoms with Gasteiger partial charge in [-0.3, -0.25) is 4.79 Å². The number of aryl methyl sites for hydroxylation is 1. The number of nitrogens with one attached hydrogen (secondary N) is 1. The number of carbonyl (C=O) groups is 1. The first-order valence-corrected chi connectivity index (χ1v) is 9.02. The molecule has 2 unspecified atom stereocenters. The van der Waals surface area contributed by atoms with Crippen LogP contribution < -0.4 is 15.8 Å². The van der Waals surface area contributed by atoms with Crippen LogP contribution in [0.3, 0.4) is 0 Å². The van der Waals surface area contributed by atoms with E-state index in [0.29, 0.717) is 12.5 Å². The standard InChI is InChI=1S/C21H26N2O2.ClH/c1-2-15-8-6-7-11-19(15)25-20(17-9-4-3-5-10-17)21(24)23-18(14-22)16-12-13-16;/h3-11,16,18,20H,2,12-14,22H2,1H3,(H,23,24);1H. The zero-order valence-electron chi connectivity index (χ0n) is 15.1. The number of nitrogens with two attached hydrogens (primary N) is 1. The van der Waals surface area contributed by atoms with Crippen LogP contribution in [0.4, 0.5) is 0 Å². The molecule has 1 amide bonds. The summed E-state index contributed by atoms with van der Waals surface area (Å²) in [6.07, 6.45) is 2.45. The van der Waals surface area contributed by atoms with Gasteiger partial charge in [-0.05, 0) is 36.8 Å². The van der Waals surface area contributed by atoms with Gasteiger partial charge >= 0.3 is 0 Å². The molecule has 3 N–H and O–H groups in total. The maximum absolute atomic E-state index is 13.0. The van der Waals surface area contributed by atoms with Crippen molar-refractivity contribution in [3.05, 3.63) is 65.7 Å². The molecular weight excluding hydrogens is 348 g/mol. The molecule has 4 nitrogen and oxygen atoms in total. The lowest BCUT2D eigenvalue weighted by Gasteiger charge is -2.24. The topological polar surface area (TPSA) is 64.3 Å². The van der Waals surface area contributed by atoms with Crippen molar-refractivity contribution >= 4 is 18.3 Å². The number of rotatable bonds is 8. The molecule has 0 spiro atoms. The summed E-state index contributed by atoms with van der Waals surface area (Å²) in [5.41, 5.74) is 7.78. The zero-order valence-corrected chi connectivity index (χ0v) is 15.9. The monoisotopic (exact) mass is 374 g/mol. The van der Waals surface area contributed by atoms with E-state index < -0.39 is 6.10 Å². The fraction of sp³-hybridized carbons (Fsp3) is 0.381. The molecule has 1 aliphatic rings. The normalized spacial score (nSPS) is 15.5. The molecule has 1 saturated carbocycles. The first-order chi connectivity index (χ1) is 12.2. The van der Waals surface area contributed by atoms with Gasteiger partial charge in [-0.2, -0.15) is 0 Å². The molecule has 2 aromatic rings. The number of para-hydroxylation sites is 1. The zero-order chi connectivity index (χ0) is 17.6. The van der Waals surface area contributed by atoms with Crippen LogP contribution in [0.25, 0.3) is 0 Å². The van der Waals surface area contributed by atoms with E-state index >= 15 is 0 Å². The van der Waals surface area contributed by atoms with Gasteiger partial charge in [-0.1, -0.05) is 55.5 Å². The highest BCUT2D eigenvalue weighted by Crippen LogP contribution is 2.33. The number of halogens is 1. The highest BCUT2D eigenvalue weighted by molar-refractivity contribution is 5.85. The molecule has 1 aliphatic carbocycles. The Hall–Kier alpha value is -2.04. The molecule has 0 aliphatic heterocycles. The van der Waals surface area contributed by atoms with E-state index in [1.54, 1.807) is 0 Å². The number of hydrogen-bond acceptors (Lipinski definition) is 3. The maximum atomic E-state index is 13.0. The number of carbonyl (C=O) groups excluding carboxylic acids is 1. The van der Waals surface area contributed by atoms with Crippen molar-refractivity contribution < 1.29 is 9.53 Å². The van der Waals surface area contributed by atoms with Gasteiger partial charge in [0.1, 0.15) is 5.75 Å². The van der Waals surface area contributed by atoms with E-state index in [9.17, 15) is 4.79 Å². The molecule has 2 atom stereocenters. The predicted octanol–water partition coefficient (Wildman–Crippen LogP) is 3.64. The van der Waals surface area contributed by atoms with Crippen LogP contribution in [-0.2, 0) is 11.2 Å². The average Bonchev–Trinajstić information content (AvgIpc) is 3.50. The summed E-state index contributed by atoms with van der Waals surface area (Å²) in [5.74, 6) is 1.14. The van der Waals surface area contributed by atoms with Gasteiger partial charge < -0.3 is 15.8 Å². The maximum Gasteiger partial charge on any atom is 0.266 e. The third kappa shape index (κ3) is 4.99. The Bertz CT molecular complexity index is 704. The molecular formula is C21H27ClN2O2. The second kappa shape index (κ2) is 9.60. The number of benzene rings is 2. The van der Waals surface area contributed by atoms with Crippen molar-refractivity contribution in [3.8, 4) is 5.75 Å². The van der Waals surface area contributed by atoms with Crippen LogP contribution in [0, 0.1) is 5.92 Å². The van der Waals surface area contributed by atoms with Gasteiger partial charge in [0, 0.05) is 18.2 Å². The van der Waals surface area contributed by atoms with Crippen LogP contribution in [0.1, 0.15) is 37.0 Å². The molecule has 0 heterocycles. The lowest BCUT2D eigenvalue weighted by atomic mass is 10.1. The third-order valence-electron chi connectivity index (χ3n) is 4.71. The Balaban J connectivity index is 0.00000243. The summed E-state index contributed by atoms with van der Waals surface area (Å²) in [6, 6.07) is 17.5. The van der Waals surface area contributed by atoms with Crippen LogP contribution in [0.2, 0.25) is 0 Å². The Morgan fingerprint density at radius 3 is 2.42 bits per heavy atom. The van der Waals surface area contributed by atoms with Crippen LogP contribution in [0.15, 0.2) is 54.6 Å². The number of amides is 1. The van der Waals surface area contributed by atoms with Crippen molar-refractivity contribution in [3.63, 3.8) is 0 Å². The minimum Gasteiger partial charge on any atom is -0.476 e. The molecule has 0 bridgehead atoms. The molecule has 2 aromatic carbocycles. The highest BCUT2D eigenvalue weighted by Gasteiger charge is 2.33. The van der Waals surface area contributed by atoms with Crippen molar-refractivity contribution in [2.45, 2.75) is 38.3 Å². The van der Waals surface area contributed by atoms with Crippen molar-refractivity contribution in [2.24, 2.45) is 11.7 Å². The number of ether oxygens (including phenoxy) is 1. The van der Waals surface area contributed by atoms with E-state index in [1.807, 2.05) is 54.6 Å². The molecule has 5 heteroatoms. The molecule has 0 aromatic heterocycles. The Kier molecular flexibility index (Phi) is 7.49. The number of hydrogen-bond donors (Lipinski definition) is 2. The summed E-state index contributed by atoms with van der Waals surface area (Å²) in [5, 5.41) is 3.10. The van der Waals surface area contributed by atoms with Crippen molar-refractivity contribution in [2.75, 3.05) is 6.54 Å². The van der Waals surface area contributed by atoms with E-state index in [4.69, 9.17) is 10.5 Å². The molecule has 0 saturated heterocycles. The quantitative estimate of drug-likeness (QED) is 0.741. The minimum atomic E-state index is -0.679.